The van der Waals surface area contributed by atoms with Crippen LogP contribution in [0.25, 0.3) is 0 Å². The quantitative estimate of drug-likeness (QED) is 0.874. The molecule has 2 N–H and O–H groups in total. The maximum atomic E-state index is 10.1. The van der Waals surface area contributed by atoms with Gasteiger partial charge in [0, 0.05) is 31.4 Å². The lowest BCUT2D eigenvalue weighted by molar-refractivity contribution is 0.103. The number of benzene rings is 1. The molecule has 1 aromatic rings. The molecule has 3 heteroatoms. The van der Waals surface area contributed by atoms with Crippen molar-refractivity contribution in [3.63, 3.8) is 0 Å². The summed E-state index contributed by atoms with van der Waals surface area (Å²) in [4.78, 5) is 2.32. The summed E-state index contributed by atoms with van der Waals surface area (Å²) in [5.41, 5.74) is 2.58. The molecular weight excluding hydrogens is 236 g/mol. The van der Waals surface area contributed by atoms with Gasteiger partial charge in [0.15, 0.2) is 0 Å². The lowest BCUT2D eigenvalue weighted by Crippen LogP contribution is -2.43. The Hall–Kier alpha value is -1.06. The first-order chi connectivity index (χ1) is 9.08. The molecule has 2 atom stereocenters. The summed E-state index contributed by atoms with van der Waals surface area (Å²) in [6.45, 7) is 9.13. The van der Waals surface area contributed by atoms with Gasteiger partial charge in [-0.15, -0.1) is 0 Å². The summed E-state index contributed by atoms with van der Waals surface area (Å²) in [6, 6.07) is 9.00. The molecule has 1 heterocycles. The van der Waals surface area contributed by atoms with Crippen molar-refractivity contribution in [3.05, 3.63) is 29.8 Å². The van der Waals surface area contributed by atoms with E-state index in [0.717, 1.165) is 26.1 Å². The van der Waals surface area contributed by atoms with Crippen molar-refractivity contribution in [1.29, 1.82) is 0 Å². The first-order valence-electron chi connectivity index (χ1n) is 7.32. The lowest BCUT2D eigenvalue weighted by atomic mass is 9.95. The van der Waals surface area contributed by atoms with Gasteiger partial charge in [0.05, 0.1) is 6.10 Å². The number of anilines is 1. The van der Waals surface area contributed by atoms with Crippen LogP contribution in [0.2, 0.25) is 0 Å². The molecular formula is C16H26N2O. The Kier molecular flexibility index (Phi) is 4.83. The molecule has 3 nitrogen and oxygen atoms in total. The molecule has 1 fully saturated rings. The van der Waals surface area contributed by atoms with Crippen LogP contribution in [0.5, 0.6) is 0 Å². The maximum absolute atomic E-state index is 10.1. The van der Waals surface area contributed by atoms with E-state index in [1.165, 1.54) is 11.3 Å². The molecule has 0 amide bonds. The second kappa shape index (κ2) is 6.40. The predicted molar refractivity (Wildman–Crippen MR) is 80.4 cm³/mol. The monoisotopic (exact) mass is 262 g/mol. The van der Waals surface area contributed by atoms with Crippen molar-refractivity contribution in [1.82, 2.24) is 5.32 Å². The third-order valence-electron chi connectivity index (χ3n) is 3.95. The molecule has 0 radical (unpaired) electrons. The molecule has 2 unspecified atom stereocenters. The highest BCUT2D eigenvalue weighted by Crippen LogP contribution is 2.26. The molecule has 0 aliphatic carbocycles. The first-order valence-corrected chi connectivity index (χ1v) is 7.32. The minimum atomic E-state index is -0.208. The minimum Gasteiger partial charge on any atom is -0.391 e. The van der Waals surface area contributed by atoms with Gasteiger partial charge in [0.25, 0.3) is 0 Å². The zero-order valence-corrected chi connectivity index (χ0v) is 12.3. The summed E-state index contributed by atoms with van der Waals surface area (Å²) >= 11 is 0. The number of rotatable bonds is 4. The van der Waals surface area contributed by atoms with E-state index >= 15 is 0 Å². The molecule has 1 aromatic carbocycles. The summed E-state index contributed by atoms with van der Waals surface area (Å²) in [6.07, 6.45) is 0.854. The number of hydrogen-bond donors (Lipinski definition) is 2. The standard InChI is InChI=1S/C16H26N2O/c1-12(2)17-10-14-6-4-5-7-15(14)18-9-8-13(3)16(19)11-18/h4-7,12-13,16-17,19H,8-11H2,1-3H3. The van der Waals surface area contributed by atoms with E-state index in [9.17, 15) is 5.11 Å². The second-order valence-electron chi connectivity index (χ2n) is 5.94. The van der Waals surface area contributed by atoms with Gasteiger partial charge in [0.1, 0.15) is 0 Å². The molecule has 0 saturated carbocycles. The normalized spacial score (nSPS) is 23.9. The third kappa shape index (κ3) is 3.71. The molecule has 0 aromatic heterocycles. The van der Waals surface area contributed by atoms with Gasteiger partial charge < -0.3 is 15.3 Å². The molecule has 0 spiro atoms. The topological polar surface area (TPSA) is 35.5 Å². The number of piperidine rings is 1. The Bertz CT molecular complexity index is 405. The van der Waals surface area contributed by atoms with Crippen LogP contribution in [0.1, 0.15) is 32.8 Å². The Balaban J connectivity index is 2.10. The van der Waals surface area contributed by atoms with Crippen LogP contribution in [-0.4, -0.2) is 30.3 Å². The fraction of sp³-hybridized carbons (Fsp3) is 0.625. The van der Waals surface area contributed by atoms with E-state index in [1.807, 2.05) is 0 Å². The molecule has 1 saturated heterocycles. The van der Waals surface area contributed by atoms with Crippen molar-refractivity contribution in [2.24, 2.45) is 5.92 Å². The highest BCUT2D eigenvalue weighted by Gasteiger charge is 2.25. The van der Waals surface area contributed by atoms with Gasteiger partial charge in [-0.2, -0.15) is 0 Å². The van der Waals surface area contributed by atoms with Crippen molar-refractivity contribution >= 4 is 5.69 Å². The van der Waals surface area contributed by atoms with E-state index in [-0.39, 0.29) is 6.10 Å². The van der Waals surface area contributed by atoms with Crippen LogP contribution in [0.15, 0.2) is 24.3 Å². The van der Waals surface area contributed by atoms with E-state index in [1.54, 1.807) is 0 Å². The highest BCUT2D eigenvalue weighted by molar-refractivity contribution is 5.54. The average molecular weight is 262 g/mol. The smallest absolute Gasteiger partial charge is 0.0741 e. The maximum Gasteiger partial charge on any atom is 0.0741 e. The van der Waals surface area contributed by atoms with Crippen molar-refractivity contribution in [3.8, 4) is 0 Å². The number of para-hydroxylation sites is 1. The van der Waals surface area contributed by atoms with Gasteiger partial charge in [-0.3, -0.25) is 0 Å². The Morgan fingerprint density at radius 2 is 2.11 bits per heavy atom. The largest absolute Gasteiger partial charge is 0.391 e. The Morgan fingerprint density at radius 1 is 1.37 bits per heavy atom. The number of nitrogens with one attached hydrogen (secondary N) is 1. The van der Waals surface area contributed by atoms with Crippen LogP contribution in [-0.2, 0) is 6.54 Å². The number of nitrogens with zero attached hydrogens (tertiary/aromatic N) is 1. The molecule has 0 bridgehead atoms. The second-order valence-corrected chi connectivity index (χ2v) is 5.94. The van der Waals surface area contributed by atoms with Crippen LogP contribution in [0.4, 0.5) is 5.69 Å². The van der Waals surface area contributed by atoms with Crippen molar-refractivity contribution in [2.45, 2.75) is 45.9 Å². The number of β-amino-alcohol motifs (C(OH)–C–C–N with tert-alkyl or cyclic N) is 1. The minimum absolute atomic E-state index is 0.208. The van der Waals surface area contributed by atoms with E-state index in [0.29, 0.717) is 12.0 Å². The van der Waals surface area contributed by atoms with Crippen molar-refractivity contribution < 1.29 is 5.11 Å². The van der Waals surface area contributed by atoms with Crippen LogP contribution >= 0.6 is 0 Å². The summed E-state index contributed by atoms with van der Waals surface area (Å²) in [5.74, 6) is 0.414. The van der Waals surface area contributed by atoms with E-state index < -0.39 is 0 Å². The van der Waals surface area contributed by atoms with Crippen LogP contribution in [0, 0.1) is 5.92 Å². The Morgan fingerprint density at radius 3 is 2.79 bits per heavy atom. The summed E-state index contributed by atoms with van der Waals surface area (Å²) in [5, 5.41) is 13.5. The third-order valence-corrected chi connectivity index (χ3v) is 3.95. The van der Waals surface area contributed by atoms with Gasteiger partial charge in [-0.05, 0) is 24.0 Å². The number of hydrogen-bond acceptors (Lipinski definition) is 3. The molecule has 1 aliphatic rings. The van der Waals surface area contributed by atoms with Gasteiger partial charge in [0.2, 0.25) is 0 Å². The highest BCUT2D eigenvalue weighted by atomic mass is 16.3. The van der Waals surface area contributed by atoms with E-state index in [2.05, 4.69) is 55.3 Å². The first kappa shape index (κ1) is 14.4. The van der Waals surface area contributed by atoms with Gasteiger partial charge >= 0.3 is 0 Å². The SMILES string of the molecule is CC(C)NCc1ccccc1N1CCC(C)C(O)C1. The average Bonchev–Trinajstić information content (AvgIpc) is 2.40. The zero-order chi connectivity index (χ0) is 13.8. The number of aliphatic hydroxyl groups excluding tert-OH is 1. The van der Waals surface area contributed by atoms with Crippen molar-refractivity contribution in [2.75, 3.05) is 18.0 Å². The van der Waals surface area contributed by atoms with Crippen LogP contribution in [0.3, 0.4) is 0 Å². The summed E-state index contributed by atoms with van der Waals surface area (Å²) in [7, 11) is 0. The fourth-order valence-electron chi connectivity index (χ4n) is 2.55. The summed E-state index contributed by atoms with van der Waals surface area (Å²) < 4.78 is 0. The van der Waals surface area contributed by atoms with E-state index in [4.69, 9.17) is 0 Å². The van der Waals surface area contributed by atoms with Crippen LogP contribution < -0.4 is 10.2 Å². The lowest BCUT2D eigenvalue weighted by Gasteiger charge is -2.37. The molecule has 19 heavy (non-hydrogen) atoms. The molecule has 2 rings (SSSR count). The van der Waals surface area contributed by atoms with Gasteiger partial charge in [-0.1, -0.05) is 39.0 Å². The number of aliphatic hydroxyl groups is 1. The molecule has 106 valence electrons. The zero-order valence-electron chi connectivity index (χ0n) is 12.3. The fourth-order valence-corrected chi connectivity index (χ4v) is 2.55. The Labute approximate surface area is 116 Å². The molecule has 1 aliphatic heterocycles. The predicted octanol–water partition coefficient (Wildman–Crippen LogP) is 2.39. The van der Waals surface area contributed by atoms with Gasteiger partial charge in [-0.25, -0.2) is 0 Å².